The van der Waals surface area contributed by atoms with E-state index in [4.69, 9.17) is 4.74 Å². The number of carbonyl (C=O) groups excluding carboxylic acids is 4. The summed E-state index contributed by atoms with van der Waals surface area (Å²) in [6.45, 7) is 0.459. The lowest BCUT2D eigenvalue weighted by Crippen LogP contribution is -2.34. The maximum absolute atomic E-state index is 13.8. The number of piperidine rings is 1. The van der Waals surface area contributed by atoms with Gasteiger partial charge in [-0.3, -0.25) is 19.4 Å². The van der Waals surface area contributed by atoms with Crippen LogP contribution in [0.4, 0.5) is 5.69 Å². The number of rotatable bonds is 4. The van der Waals surface area contributed by atoms with Crippen molar-refractivity contribution in [2.45, 2.75) is 11.8 Å². The Kier molecular flexibility index (Phi) is 4.92. The number of anilines is 1. The van der Waals surface area contributed by atoms with Gasteiger partial charge in [0.15, 0.2) is 0 Å². The number of fused-ring (bicyclic) bond motifs is 3. The lowest BCUT2D eigenvalue weighted by Gasteiger charge is -2.28. The molecular formula is C32H23N5O5. The van der Waals surface area contributed by atoms with Crippen LogP contribution in [0.2, 0.25) is 0 Å². The number of H-pyrrole nitrogens is 2. The molecule has 0 bridgehead atoms. The Morgan fingerprint density at radius 3 is 2.62 bits per heavy atom. The summed E-state index contributed by atoms with van der Waals surface area (Å²) in [5.74, 6) is -1.20. The first-order valence-electron chi connectivity index (χ1n) is 13.5. The first-order chi connectivity index (χ1) is 20.4. The molecular weight excluding hydrogens is 534 g/mol. The Bertz CT molecular complexity index is 2040. The van der Waals surface area contributed by atoms with E-state index in [-0.39, 0.29) is 29.1 Å². The summed E-state index contributed by atoms with van der Waals surface area (Å²) in [7, 11) is 1.30. The maximum Gasteiger partial charge on any atom is 0.339 e. The van der Waals surface area contributed by atoms with Crippen LogP contribution in [0.25, 0.3) is 21.8 Å². The van der Waals surface area contributed by atoms with Gasteiger partial charge < -0.3 is 24.9 Å². The quantitative estimate of drug-likeness (QED) is 0.277. The Morgan fingerprint density at radius 2 is 1.79 bits per heavy atom. The zero-order valence-electron chi connectivity index (χ0n) is 22.4. The number of esters is 1. The van der Waals surface area contributed by atoms with Crippen molar-refractivity contribution in [2.75, 3.05) is 19.0 Å². The molecule has 2 aromatic carbocycles. The van der Waals surface area contributed by atoms with Gasteiger partial charge in [0.05, 0.1) is 12.7 Å². The van der Waals surface area contributed by atoms with E-state index in [1.165, 1.54) is 19.4 Å². The Labute approximate surface area is 238 Å². The number of benzene rings is 2. The van der Waals surface area contributed by atoms with Gasteiger partial charge >= 0.3 is 5.97 Å². The molecule has 206 valence electrons. The van der Waals surface area contributed by atoms with Crippen LogP contribution in [0.15, 0.2) is 78.6 Å². The third kappa shape index (κ3) is 3.41. The zero-order chi connectivity index (χ0) is 28.7. The number of carbonyl (C=O) groups is 4. The van der Waals surface area contributed by atoms with Crippen LogP contribution >= 0.6 is 0 Å². The first kappa shape index (κ1) is 24.3. The number of para-hydroxylation sites is 1. The van der Waals surface area contributed by atoms with Gasteiger partial charge in [-0.25, -0.2) is 4.79 Å². The summed E-state index contributed by atoms with van der Waals surface area (Å²) in [4.78, 5) is 64.1. The normalized spacial score (nSPS) is 20.1. The number of methoxy groups -OCH3 is 1. The van der Waals surface area contributed by atoms with Crippen molar-refractivity contribution in [3.8, 4) is 0 Å². The van der Waals surface area contributed by atoms with Crippen LogP contribution in [-0.4, -0.2) is 57.1 Å². The molecule has 2 aliphatic carbocycles. The van der Waals surface area contributed by atoms with Crippen LogP contribution in [0, 0.1) is 5.92 Å². The lowest BCUT2D eigenvalue weighted by atomic mass is 9.83. The minimum Gasteiger partial charge on any atom is -0.465 e. The van der Waals surface area contributed by atoms with E-state index in [1.54, 1.807) is 29.2 Å². The van der Waals surface area contributed by atoms with Crippen LogP contribution in [0.3, 0.4) is 0 Å². The SMILES string of the molecule is COC(=O)c1cnc2c(c1)[C@@]13C[C@@H]1CN(C(=O)c1cc4cc(NC(=O)c5cc6ccccc6[nH]5)ccc4[nH]1)C3=CC2=O. The molecule has 42 heavy (non-hydrogen) atoms. The second-order valence-electron chi connectivity index (χ2n) is 11.0. The average molecular weight is 558 g/mol. The molecule has 10 nitrogen and oxygen atoms in total. The largest absolute Gasteiger partial charge is 0.465 e. The van der Waals surface area contributed by atoms with Gasteiger partial charge in [0.25, 0.3) is 11.8 Å². The number of likely N-dealkylation sites (tertiary alicyclic amines) is 1. The first-order valence-corrected chi connectivity index (χ1v) is 13.5. The number of amides is 2. The van der Waals surface area contributed by atoms with E-state index in [0.29, 0.717) is 40.6 Å². The molecule has 8 rings (SSSR count). The lowest BCUT2D eigenvalue weighted by molar-refractivity contribution is 0.0599. The van der Waals surface area contributed by atoms with Gasteiger partial charge in [0, 0.05) is 57.4 Å². The molecule has 3 aromatic heterocycles. The number of pyridine rings is 1. The third-order valence-electron chi connectivity index (χ3n) is 8.68. The van der Waals surface area contributed by atoms with Gasteiger partial charge in [-0.15, -0.1) is 0 Å². The fourth-order valence-electron chi connectivity index (χ4n) is 6.58. The standard InChI is InChI=1S/C32H23N5O5/c1-42-31(41)18-9-21-28(33-14-18)26(38)12-27-32(21)13-19(32)15-37(27)30(40)25-11-17-8-20(6-7-23(17)36-25)34-29(39)24-10-16-4-2-3-5-22(16)35-24/h2-12,14,19,35-36H,13,15H2,1H3,(H,34,39)/t19-,32-/m1/s1. The predicted molar refractivity (Wildman–Crippen MR) is 153 cm³/mol. The highest BCUT2D eigenvalue weighted by Crippen LogP contribution is 2.66. The molecule has 1 saturated heterocycles. The summed E-state index contributed by atoms with van der Waals surface area (Å²) in [6, 6.07) is 18.3. The van der Waals surface area contributed by atoms with E-state index >= 15 is 0 Å². The highest BCUT2D eigenvalue weighted by molar-refractivity contribution is 6.10. The number of hydrogen-bond acceptors (Lipinski definition) is 6. The number of nitrogens with zero attached hydrogens (tertiary/aromatic N) is 2. The zero-order valence-corrected chi connectivity index (χ0v) is 22.4. The average Bonchev–Trinajstić information content (AvgIpc) is 3.31. The van der Waals surface area contributed by atoms with Crippen molar-refractivity contribution < 1.29 is 23.9 Å². The Morgan fingerprint density at radius 1 is 1.00 bits per heavy atom. The van der Waals surface area contributed by atoms with Crippen molar-refractivity contribution in [3.05, 3.63) is 107 Å². The smallest absolute Gasteiger partial charge is 0.339 e. The minimum absolute atomic E-state index is 0.130. The molecule has 4 heterocycles. The van der Waals surface area contributed by atoms with Crippen molar-refractivity contribution >= 4 is 51.1 Å². The highest BCUT2D eigenvalue weighted by atomic mass is 16.5. The molecule has 2 amide bonds. The highest BCUT2D eigenvalue weighted by Gasteiger charge is 2.67. The van der Waals surface area contributed by atoms with E-state index in [0.717, 1.165) is 28.2 Å². The molecule has 1 spiro atoms. The van der Waals surface area contributed by atoms with Crippen molar-refractivity contribution in [1.29, 1.82) is 0 Å². The van der Waals surface area contributed by atoms with Gasteiger partial charge in [-0.1, -0.05) is 18.2 Å². The molecule has 2 fully saturated rings. The van der Waals surface area contributed by atoms with Gasteiger partial charge in [-0.2, -0.15) is 0 Å². The van der Waals surface area contributed by atoms with Gasteiger partial charge in [-0.05, 0) is 60.4 Å². The molecule has 10 heteroatoms. The van der Waals surface area contributed by atoms with Crippen molar-refractivity contribution in [2.24, 2.45) is 5.92 Å². The molecule has 1 aliphatic heterocycles. The van der Waals surface area contributed by atoms with E-state index < -0.39 is 11.4 Å². The van der Waals surface area contributed by atoms with Crippen LogP contribution in [-0.2, 0) is 10.2 Å². The molecule has 2 atom stereocenters. The number of allylic oxidation sites excluding steroid dienone is 2. The number of aromatic nitrogens is 3. The van der Waals surface area contributed by atoms with Gasteiger partial charge in [0.2, 0.25) is 5.78 Å². The second-order valence-corrected chi connectivity index (χ2v) is 11.0. The van der Waals surface area contributed by atoms with E-state index in [2.05, 4.69) is 20.3 Å². The van der Waals surface area contributed by atoms with Crippen molar-refractivity contribution in [3.63, 3.8) is 0 Å². The predicted octanol–water partition coefficient (Wildman–Crippen LogP) is 4.58. The second kappa shape index (κ2) is 8.50. The molecule has 3 N–H and O–H groups in total. The third-order valence-corrected chi connectivity index (χ3v) is 8.68. The summed E-state index contributed by atoms with van der Waals surface area (Å²) >= 11 is 0. The van der Waals surface area contributed by atoms with Gasteiger partial charge in [0.1, 0.15) is 17.1 Å². The molecule has 0 unspecified atom stereocenters. The molecule has 1 saturated carbocycles. The number of ketones is 1. The fourth-order valence-corrected chi connectivity index (χ4v) is 6.58. The topological polar surface area (TPSA) is 137 Å². The summed E-state index contributed by atoms with van der Waals surface area (Å²) in [5, 5.41) is 4.63. The minimum atomic E-state index is -0.525. The molecule has 5 aromatic rings. The summed E-state index contributed by atoms with van der Waals surface area (Å²) in [6.07, 6.45) is 3.65. The fraction of sp³-hybridized carbons (Fsp3) is 0.156. The summed E-state index contributed by atoms with van der Waals surface area (Å²) < 4.78 is 4.85. The monoisotopic (exact) mass is 557 g/mol. The molecule has 3 aliphatic rings. The van der Waals surface area contributed by atoms with E-state index in [9.17, 15) is 19.2 Å². The number of hydrogen-bond donors (Lipinski definition) is 3. The van der Waals surface area contributed by atoms with Crippen LogP contribution < -0.4 is 5.32 Å². The maximum atomic E-state index is 13.8. The summed E-state index contributed by atoms with van der Waals surface area (Å²) in [5.41, 5.74) is 4.45. The van der Waals surface area contributed by atoms with E-state index in [1.807, 2.05) is 36.4 Å². The molecule has 0 radical (unpaired) electrons. The van der Waals surface area contributed by atoms with Crippen LogP contribution in [0.1, 0.15) is 53.8 Å². The Hall–Kier alpha value is -5.51. The number of aromatic amines is 2. The Balaban J connectivity index is 1.06. The number of ether oxygens (including phenoxy) is 1. The van der Waals surface area contributed by atoms with Crippen LogP contribution in [0.5, 0.6) is 0 Å². The van der Waals surface area contributed by atoms with Crippen molar-refractivity contribution in [1.82, 2.24) is 19.9 Å². The number of nitrogens with one attached hydrogen (secondary N) is 3.